The molecule has 0 radical (unpaired) electrons. The third-order valence-electron chi connectivity index (χ3n) is 5.18. The Balaban J connectivity index is 1.75. The standard InChI is InChI=1S/C19H24Cl2N4O4/c1-28-14-8-15(29-2)18(21)11(17(14)20)9-22-16-7-13(24-25-16)10-5-3-4-6-12(10)23-19(26)27/h7-8,10,12,23H,3-6,9H2,1-2H3,(H,26,27)(H2,22,24,25). The summed E-state index contributed by atoms with van der Waals surface area (Å²) in [5.41, 5.74) is 1.53. The minimum atomic E-state index is -1.00. The average molecular weight is 443 g/mol. The van der Waals surface area contributed by atoms with Gasteiger partial charge in [0.15, 0.2) is 0 Å². The first kappa shape index (κ1) is 21.4. The minimum Gasteiger partial charge on any atom is -0.495 e. The van der Waals surface area contributed by atoms with Crippen LogP contribution in [-0.4, -0.2) is 41.7 Å². The fourth-order valence-electron chi connectivity index (χ4n) is 3.72. The normalized spacial score (nSPS) is 18.9. The molecule has 158 valence electrons. The smallest absolute Gasteiger partial charge is 0.404 e. The Bertz CT molecular complexity index is 846. The zero-order valence-electron chi connectivity index (χ0n) is 16.2. The molecule has 1 fully saturated rings. The van der Waals surface area contributed by atoms with Gasteiger partial charge < -0.3 is 25.2 Å². The molecule has 0 saturated heterocycles. The van der Waals surface area contributed by atoms with Gasteiger partial charge in [-0.15, -0.1) is 0 Å². The van der Waals surface area contributed by atoms with Gasteiger partial charge in [-0.05, 0) is 12.8 Å². The molecule has 0 aliphatic heterocycles. The molecule has 3 rings (SSSR count). The number of aromatic amines is 1. The van der Waals surface area contributed by atoms with E-state index < -0.39 is 6.09 Å². The van der Waals surface area contributed by atoms with Gasteiger partial charge in [0, 0.05) is 41.9 Å². The number of nitrogens with zero attached hydrogens (tertiary/aromatic N) is 1. The number of nitrogens with one attached hydrogen (secondary N) is 3. The first-order chi connectivity index (χ1) is 13.9. The van der Waals surface area contributed by atoms with Crippen molar-refractivity contribution in [1.29, 1.82) is 0 Å². The highest BCUT2D eigenvalue weighted by Gasteiger charge is 2.29. The molecule has 29 heavy (non-hydrogen) atoms. The van der Waals surface area contributed by atoms with Gasteiger partial charge >= 0.3 is 6.09 Å². The van der Waals surface area contributed by atoms with Gasteiger partial charge in [-0.3, -0.25) is 5.10 Å². The van der Waals surface area contributed by atoms with E-state index in [1.807, 2.05) is 6.07 Å². The van der Waals surface area contributed by atoms with Crippen LogP contribution < -0.4 is 20.1 Å². The Morgan fingerprint density at radius 3 is 2.48 bits per heavy atom. The zero-order chi connectivity index (χ0) is 21.0. The van der Waals surface area contributed by atoms with Crippen molar-refractivity contribution in [2.24, 2.45) is 0 Å². The molecule has 2 atom stereocenters. The molecular weight excluding hydrogens is 419 g/mol. The second-order valence-corrected chi connectivity index (χ2v) is 7.65. The van der Waals surface area contributed by atoms with Gasteiger partial charge in [0.1, 0.15) is 17.3 Å². The van der Waals surface area contributed by atoms with Crippen LogP contribution in [0.2, 0.25) is 10.0 Å². The number of hydrogen-bond acceptors (Lipinski definition) is 5. The van der Waals surface area contributed by atoms with E-state index in [-0.39, 0.29) is 12.0 Å². The van der Waals surface area contributed by atoms with Crippen molar-refractivity contribution in [1.82, 2.24) is 15.5 Å². The third kappa shape index (κ3) is 4.82. The third-order valence-corrected chi connectivity index (χ3v) is 6.01. The number of benzene rings is 1. The molecular formula is C19H24Cl2N4O4. The summed E-state index contributed by atoms with van der Waals surface area (Å²) in [7, 11) is 3.05. The SMILES string of the molecule is COc1cc(OC)c(Cl)c(CNc2cc(C3CCCCC3NC(=O)O)[nH]n2)c1Cl. The number of hydrogen-bond donors (Lipinski definition) is 4. The summed E-state index contributed by atoms with van der Waals surface area (Å²) < 4.78 is 10.6. The van der Waals surface area contributed by atoms with Crippen LogP contribution >= 0.6 is 23.2 Å². The molecule has 2 unspecified atom stereocenters. The molecule has 0 bridgehead atoms. The summed E-state index contributed by atoms with van der Waals surface area (Å²) in [6.45, 7) is 0.316. The highest BCUT2D eigenvalue weighted by molar-refractivity contribution is 6.37. The second-order valence-electron chi connectivity index (χ2n) is 6.90. The van der Waals surface area contributed by atoms with Crippen LogP contribution in [0.25, 0.3) is 0 Å². The molecule has 4 N–H and O–H groups in total. The summed E-state index contributed by atoms with van der Waals surface area (Å²) in [6, 6.07) is 3.41. The van der Waals surface area contributed by atoms with E-state index >= 15 is 0 Å². The lowest BCUT2D eigenvalue weighted by molar-refractivity contribution is 0.182. The Labute approximate surface area is 178 Å². The summed E-state index contributed by atoms with van der Waals surface area (Å²) >= 11 is 12.8. The molecule has 10 heteroatoms. The van der Waals surface area contributed by atoms with Gasteiger partial charge in [-0.1, -0.05) is 36.0 Å². The van der Waals surface area contributed by atoms with Crippen LogP contribution in [0.5, 0.6) is 11.5 Å². The molecule has 1 aliphatic carbocycles. The van der Waals surface area contributed by atoms with E-state index in [0.29, 0.717) is 39.5 Å². The molecule has 1 aromatic heterocycles. The fourth-order valence-corrected chi connectivity index (χ4v) is 4.36. The van der Waals surface area contributed by atoms with E-state index in [4.69, 9.17) is 37.8 Å². The number of carboxylic acid groups (broad SMARTS) is 1. The van der Waals surface area contributed by atoms with E-state index in [0.717, 1.165) is 31.4 Å². The van der Waals surface area contributed by atoms with Gasteiger partial charge in [-0.2, -0.15) is 5.10 Å². The van der Waals surface area contributed by atoms with Crippen LogP contribution in [0.4, 0.5) is 10.6 Å². The van der Waals surface area contributed by atoms with Crippen LogP contribution in [0.3, 0.4) is 0 Å². The topological polar surface area (TPSA) is 109 Å². The Kier molecular flexibility index (Phi) is 6.97. The van der Waals surface area contributed by atoms with Gasteiger partial charge in [0.2, 0.25) is 0 Å². The Hall–Kier alpha value is -2.32. The van der Waals surface area contributed by atoms with Crippen molar-refractivity contribution in [2.75, 3.05) is 19.5 Å². The molecule has 8 nitrogen and oxygen atoms in total. The van der Waals surface area contributed by atoms with Gasteiger partial charge in [-0.25, -0.2) is 4.79 Å². The lowest BCUT2D eigenvalue weighted by Crippen LogP contribution is -2.40. The molecule has 1 heterocycles. The Morgan fingerprint density at radius 1 is 1.21 bits per heavy atom. The number of aromatic nitrogens is 2. The van der Waals surface area contributed by atoms with E-state index in [1.54, 1.807) is 6.07 Å². The monoisotopic (exact) mass is 442 g/mol. The molecule has 1 aromatic carbocycles. The van der Waals surface area contributed by atoms with E-state index in [1.165, 1.54) is 14.2 Å². The molecule has 1 aliphatic rings. The number of ether oxygens (including phenoxy) is 2. The highest BCUT2D eigenvalue weighted by Crippen LogP contribution is 2.40. The summed E-state index contributed by atoms with van der Waals surface area (Å²) in [5, 5.41) is 23.1. The van der Waals surface area contributed by atoms with Crippen LogP contribution in [-0.2, 0) is 6.54 Å². The lowest BCUT2D eigenvalue weighted by atomic mass is 9.82. The lowest BCUT2D eigenvalue weighted by Gasteiger charge is -2.30. The number of carbonyl (C=O) groups is 1. The number of methoxy groups -OCH3 is 2. The zero-order valence-corrected chi connectivity index (χ0v) is 17.7. The van der Waals surface area contributed by atoms with Crippen molar-refractivity contribution in [3.8, 4) is 11.5 Å². The fraction of sp³-hybridized carbons (Fsp3) is 0.474. The van der Waals surface area contributed by atoms with E-state index in [9.17, 15) is 4.79 Å². The number of halogens is 2. The maximum atomic E-state index is 11.1. The first-order valence-electron chi connectivity index (χ1n) is 9.32. The molecule has 2 aromatic rings. The largest absolute Gasteiger partial charge is 0.495 e. The number of amides is 1. The molecule has 0 spiro atoms. The van der Waals surface area contributed by atoms with Crippen molar-refractivity contribution in [2.45, 2.75) is 44.2 Å². The number of H-pyrrole nitrogens is 1. The first-order valence-corrected chi connectivity index (χ1v) is 10.1. The van der Waals surface area contributed by atoms with Gasteiger partial charge in [0.25, 0.3) is 0 Å². The molecule has 1 amide bonds. The van der Waals surface area contributed by atoms with Crippen LogP contribution in [0.15, 0.2) is 12.1 Å². The van der Waals surface area contributed by atoms with Crippen LogP contribution in [0, 0.1) is 0 Å². The second kappa shape index (κ2) is 9.45. The van der Waals surface area contributed by atoms with Gasteiger partial charge in [0.05, 0.1) is 24.3 Å². The van der Waals surface area contributed by atoms with Crippen molar-refractivity contribution in [3.63, 3.8) is 0 Å². The highest BCUT2D eigenvalue weighted by atomic mass is 35.5. The van der Waals surface area contributed by atoms with Crippen molar-refractivity contribution in [3.05, 3.63) is 33.4 Å². The summed E-state index contributed by atoms with van der Waals surface area (Å²) in [5.74, 6) is 1.62. The minimum absolute atomic E-state index is 0.0620. The maximum Gasteiger partial charge on any atom is 0.404 e. The Morgan fingerprint density at radius 2 is 1.86 bits per heavy atom. The predicted molar refractivity (Wildman–Crippen MR) is 112 cm³/mol. The predicted octanol–water partition coefficient (Wildman–Crippen LogP) is 4.64. The van der Waals surface area contributed by atoms with Crippen LogP contribution in [0.1, 0.15) is 42.9 Å². The molecule has 1 saturated carbocycles. The van der Waals surface area contributed by atoms with E-state index in [2.05, 4.69) is 20.8 Å². The van der Waals surface area contributed by atoms with Crippen molar-refractivity contribution < 1.29 is 19.4 Å². The maximum absolute atomic E-state index is 11.1. The quantitative estimate of drug-likeness (QED) is 0.497. The average Bonchev–Trinajstić information content (AvgIpc) is 3.17. The summed E-state index contributed by atoms with van der Waals surface area (Å²) in [6.07, 6.45) is 2.77. The number of rotatable bonds is 7. The summed E-state index contributed by atoms with van der Waals surface area (Å²) in [4.78, 5) is 11.1. The van der Waals surface area contributed by atoms with Crippen molar-refractivity contribution >= 4 is 35.1 Å². The number of anilines is 1.